The van der Waals surface area contributed by atoms with E-state index in [-0.39, 0.29) is 4.90 Å². The van der Waals surface area contributed by atoms with Gasteiger partial charge in [-0.1, -0.05) is 29.8 Å². The van der Waals surface area contributed by atoms with Crippen LogP contribution in [0.2, 0.25) is 5.02 Å². The Bertz CT molecular complexity index is 620. The Hall–Kier alpha value is -1.10. The van der Waals surface area contributed by atoms with E-state index in [0.29, 0.717) is 10.4 Å². The predicted octanol–water partition coefficient (Wildman–Crippen LogP) is 2.40. The number of hydrogen-bond donors (Lipinski definition) is 0. The van der Waals surface area contributed by atoms with Crippen LogP contribution in [-0.4, -0.2) is 13.0 Å². The summed E-state index contributed by atoms with van der Waals surface area (Å²) in [5, 5.41) is 1.90. The predicted molar refractivity (Wildman–Crippen MR) is 56.9 cm³/mol. The second-order valence-corrected chi connectivity index (χ2v) is 4.86. The zero-order chi connectivity index (χ0) is 11.1. The largest absolute Gasteiger partial charge is 0.744 e. The third-order valence-corrected chi connectivity index (χ3v) is 3.25. The van der Waals surface area contributed by atoms with Crippen LogP contribution in [0.4, 0.5) is 0 Å². The molecule has 0 saturated carbocycles. The van der Waals surface area contributed by atoms with Crippen LogP contribution >= 0.6 is 11.6 Å². The van der Waals surface area contributed by atoms with Gasteiger partial charge in [-0.25, -0.2) is 8.42 Å². The Morgan fingerprint density at radius 2 is 1.87 bits per heavy atom. The molecule has 5 heteroatoms. The van der Waals surface area contributed by atoms with Crippen LogP contribution in [-0.2, 0) is 10.1 Å². The van der Waals surface area contributed by atoms with Crippen LogP contribution in [0.25, 0.3) is 10.8 Å². The van der Waals surface area contributed by atoms with E-state index in [1.54, 1.807) is 18.2 Å². The third kappa shape index (κ3) is 1.97. The molecule has 0 atom stereocenters. The molecule has 3 nitrogen and oxygen atoms in total. The topological polar surface area (TPSA) is 57.2 Å². The van der Waals surface area contributed by atoms with Crippen LogP contribution < -0.4 is 0 Å². The van der Waals surface area contributed by atoms with Gasteiger partial charge in [0.1, 0.15) is 10.1 Å². The van der Waals surface area contributed by atoms with Gasteiger partial charge in [0.05, 0.1) is 4.90 Å². The van der Waals surface area contributed by atoms with Crippen LogP contribution in [0.5, 0.6) is 0 Å². The third-order valence-electron chi connectivity index (χ3n) is 2.09. The van der Waals surface area contributed by atoms with E-state index in [4.69, 9.17) is 11.6 Å². The molecule has 0 aliphatic carbocycles. The Labute approximate surface area is 92.0 Å². The normalized spacial score (nSPS) is 11.9. The highest BCUT2D eigenvalue weighted by atomic mass is 35.5. The lowest BCUT2D eigenvalue weighted by Gasteiger charge is -2.08. The summed E-state index contributed by atoms with van der Waals surface area (Å²) in [7, 11) is -4.40. The fourth-order valence-electron chi connectivity index (χ4n) is 1.38. The molecule has 0 bridgehead atoms. The maximum Gasteiger partial charge on any atom is 0.124 e. The van der Waals surface area contributed by atoms with Gasteiger partial charge in [-0.3, -0.25) is 0 Å². The minimum Gasteiger partial charge on any atom is -0.744 e. The smallest absolute Gasteiger partial charge is 0.124 e. The number of benzene rings is 2. The summed E-state index contributed by atoms with van der Waals surface area (Å²) in [6.45, 7) is 0. The molecular formula is C10H6ClO3S-. The van der Waals surface area contributed by atoms with Gasteiger partial charge in [-0.05, 0) is 23.6 Å². The summed E-state index contributed by atoms with van der Waals surface area (Å²) < 4.78 is 32.3. The molecule has 15 heavy (non-hydrogen) atoms. The minimum atomic E-state index is -4.40. The summed E-state index contributed by atoms with van der Waals surface area (Å²) in [6.07, 6.45) is 0. The van der Waals surface area contributed by atoms with Gasteiger partial charge in [-0.2, -0.15) is 0 Å². The summed E-state index contributed by atoms with van der Waals surface area (Å²) in [6, 6.07) is 9.22. The Balaban J connectivity index is 2.79. The minimum absolute atomic E-state index is 0.239. The van der Waals surface area contributed by atoms with Gasteiger partial charge in [0.2, 0.25) is 0 Å². The van der Waals surface area contributed by atoms with Gasteiger partial charge in [0.25, 0.3) is 0 Å². The highest BCUT2D eigenvalue weighted by Crippen LogP contribution is 2.25. The van der Waals surface area contributed by atoms with Gasteiger partial charge in [0, 0.05) is 10.4 Å². The van der Waals surface area contributed by atoms with Crippen molar-refractivity contribution in [1.29, 1.82) is 0 Å². The van der Waals surface area contributed by atoms with Crippen LogP contribution in [0.15, 0.2) is 41.3 Å². The molecule has 0 radical (unpaired) electrons. The molecule has 0 unspecified atom stereocenters. The first kappa shape index (κ1) is 10.4. The molecule has 0 aliphatic heterocycles. The Morgan fingerprint density at radius 3 is 2.53 bits per heavy atom. The summed E-state index contributed by atoms with van der Waals surface area (Å²) >= 11 is 5.90. The van der Waals surface area contributed by atoms with Gasteiger partial charge in [0.15, 0.2) is 0 Å². The van der Waals surface area contributed by atoms with Gasteiger partial charge >= 0.3 is 0 Å². The summed E-state index contributed by atoms with van der Waals surface area (Å²) in [4.78, 5) is -0.239. The SMILES string of the molecule is O=S(=O)([O-])c1ccc2c(Cl)cccc2c1. The second kappa shape index (κ2) is 3.48. The number of hydrogen-bond acceptors (Lipinski definition) is 3. The van der Waals surface area contributed by atoms with Crippen molar-refractivity contribution in [3.05, 3.63) is 41.4 Å². The summed E-state index contributed by atoms with van der Waals surface area (Å²) in [5.41, 5.74) is 0. The molecule has 0 amide bonds. The van der Waals surface area contributed by atoms with Crippen LogP contribution in [0.3, 0.4) is 0 Å². The first-order valence-electron chi connectivity index (χ1n) is 4.13. The molecule has 2 aromatic carbocycles. The highest BCUT2D eigenvalue weighted by molar-refractivity contribution is 7.85. The fraction of sp³-hybridized carbons (Fsp3) is 0. The van der Waals surface area contributed by atoms with Crippen molar-refractivity contribution in [3.8, 4) is 0 Å². The lowest BCUT2D eigenvalue weighted by atomic mass is 10.1. The molecule has 0 fully saturated rings. The quantitative estimate of drug-likeness (QED) is 0.721. The lowest BCUT2D eigenvalue weighted by molar-refractivity contribution is 0.463. The Kier molecular flexibility index (Phi) is 2.42. The number of fused-ring (bicyclic) bond motifs is 1. The molecule has 0 saturated heterocycles. The highest BCUT2D eigenvalue weighted by Gasteiger charge is 2.04. The van der Waals surface area contributed by atoms with E-state index >= 15 is 0 Å². The van der Waals surface area contributed by atoms with Crippen LogP contribution in [0, 0.1) is 0 Å². The standard InChI is InChI=1S/C10H7ClO3S/c11-10-3-1-2-7-6-8(15(12,13)14)4-5-9(7)10/h1-6H,(H,12,13,14)/p-1. The average Bonchev–Trinajstić information content (AvgIpc) is 2.16. The van der Waals surface area contributed by atoms with Crippen molar-refractivity contribution in [2.45, 2.75) is 4.90 Å². The maximum atomic E-state index is 10.8. The maximum absolute atomic E-state index is 10.8. The van der Waals surface area contributed by atoms with Crippen molar-refractivity contribution < 1.29 is 13.0 Å². The van der Waals surface area contributed by atoms with Crippen molar-refractivity contribution in [2.75, 3.05) is 0 Å². The molecule has 0 aromatic heterocycles. The van der Waals surface area contributed by atoms with Crippen LogP contribution in [0.1, 0.15) is 0 Å². The summed E-state index contributed by atoms with van der Waals surface area (Å²) in [5.74, 6) is 0. The van der Waals surface area contributed by atoms with Crippen molar-refractivity contribution in [2.24, 2.45) is 0 Å². The molecule has 0 aliphatic rings. The Morgan fingerprint density at radius 1 is 1.13 bits per heavy atom. The van der Waals surface area contributed by atoms with Crippen molar-refractivity contribution in [1.82, 2.24) is 0 Å². The van der Waals surface area contributed by atoms with Crippen molar-refractivity contribution >= 4 is 32.5 Å². The zero-order valence-electron chi connectivity index (χ0n) is 7.48. The van der Waals surface area contributed by atoms with E-state index in [0.717, 1.165) is 5.39 Å². The first-order valence-corrected chi connectivity index (χ1v) is 5.91. The lowest BCUT2D eigenvalue weighted by Crippen LogP contribution is -1.97. The van der Waals surface area contributed by atoms with E-state index in [9.17, 15) is 13.0 Å². The molecule has 0 spiro atoms. The van der Waals surface area contributed by atoms with Crippen molar-refractivity contribution in [3.63, 3.8) is 0 Å². The van der Waals surface area contributed by atoms with E-state index in [1.165, 1.54) is 18.2 Å². The molecule has 78 valence electrons. The number of halogens is 1. The zero-order valence-corrected chi connectivity index (χ0v) is 9.05. The molecular weight excluding hydrogens is 236 g/mol. The fourth-order valence-corrected chi connectivity index (χ4v) is 2.13. The van der Waals surface area contributed by atoms with E-state index in [2.05, 4.69) is 0 Å². The monoisotopic (exact) mass is 241 g/mol. The van der Waals surface area contributed by atoms with Gasteiger partial charge in [-0.15, -0.1) is 0 Å². The van der Waals surface area contributed by atoms with E-state index in [1.807, 2.05) is 0 Å². The molecule has 2 aromatic rings. The second-order valence-electron chi connectivity index (χ2n) is 3.08. The van der Waals surface area contributed by atoms with E-state index < -0.39 is 10.1 Å². The van der Waals surface area contributed by atoms with Gasteiger partial charge < -0.3 is 4.55 Å². The molecule has 0 heterocycles. The molecule has 2 rings (SSSR count). The average molecular weight is 242 g/mol. The molecule has 0 N–H and O–H groups in total. The first-order chi connectivity index (χ1) is 6.98. The number of rotatable bonds is 1.